The summed E-state index contributed by atoms with van der Waals surface area (Å²) in [6.07, 6.45) is 1.04. The molecule has 4 rings (SSSR count). The van der Waals surface area contributed by atoms with Gasteiger partial charge < -0.3 is 15.5 Å². The summed E-state index contributed by atoms with van der Waals surface area (Å²) in [6.45, 7) is 5.22. The van der Waals surface area contributed by atoms with Crippen LogP contribution in [-0.4, -0.2) is 77.0 Å². The largest absolute Gasteiger partial charge is 0.389 e. The number of carbonyl (C=O) groups excluding carboxylic acids is 3. The maximum Gasteiger partial charge on any atom is 0.389 e. The zero-order valence-corrected chi connectivity index (χ0v) is 23.7. The number of likely N-dealkylation sites (tertiary alicyclic amines) is 1. The average Bonchev–Trinajstić information content (AvgIpc) is 3.15. The summed E-state index contributed by atoms with van der Waals surface area (Å²) < 4.78 is 39.7. The normalized spacial score (nSPS) is 23.1. The first-order valence-electron chi connectivity index (χ1n) is 13.7. The Morgan fingerprint density at radius 1 is 1.18 bits per heavy atom. The minimum atomic E-state index is -4.07. The van der Waals surface area contributed by atoms with Crippen molar-refractivity contribution in [2.75, 3.05) is 37.2 Å². The number of carbonyl (C=O) groups is 3. The Hall–Kier alpha value is -1.82. The number of hydrogen-bond donors (Lipinski definition) is 2. The predicted molar refractivity (Wildman–Crippen MR) is 147 cm³/mol. The van der Waals surface area contributed by atoms with Crippen LogP contribution in [0.1, 0.15) is 79.0 Å². The number of rotatable bonds is 10. The molecular formula is C27H36ClF3N4O3S. The lowest BCUT2D eigenvalue weighted by Crippen LogP contribution is -2.48. The number of benzene rings is 1. The van der Waals surface area contributed by atoms with Gasteiger partial charge >= 0.3 is 6.18 Å². The van der Waals surface area contributed by atoms with Crippen molar-refractivity contribution >= 4 is 46.8 Å². The van der Waals surface area contributed by atoms with Crippen molar-refractivity contribution in [3.63, 3.8) is 0 Å². The lowest BCUT2D eigenvalue weighted by Gasteiger charge is -2.40. The van der Waals surface area contributed by atoms with Gasteiger partial charge in [-0.15, -0.1) is 0 Å². The zero-order valence-electron chi connectivity index (χ0n) is 22.1. The number of piperidine rings is 2. The smallest absolute Gasteiger partial charge is 0.349 e. The molecule has 2 amide bonds. The fraction of sp³-hybridized carbons (Fsp3) is 0.667. The molecule has 0 bridgehead atoms. The first kappa shape index (κ1) is 30.1. The second-order valence-corrected chi connectivity index (χ2v) is 12.2. The Balaban J connectivity index is 1.24. The summed E-state index contributed by atoms with van der Waals surface area (Å²) in [7, 11) is 0. The molecule has 2 unspecified atom stereocenters. The number of nitrogens with zero attached hydrogens (tertiary/aromatic N) is 2. The molecule has 12 heteroatoms. The number of alkyl halides is 3. The first-order valence-corrected chi connectivity index (χ1v) is 15.0. The second-order valence-electron chi connectivity index (χ2n) is 10.7. The van der Waals surface area contributed by atoms with Crippen molar-refractivity contribution in [1.29, 1.82) is 0 Å². The molecule has 0 radical (unpaired) electrons. The number of fused-ring (bicyclic) bond motifs is 1. The Morgan fingerprint density at radius 3 is 2.62 bits per heavy atom. The van der Waals surface area contributed by atoms with Crippen molar-refractivity contribution < 1.29 is 27.6 Å². The lowest BCUT2D eigenvalue weighted by molar-refractivity contribution is -0.136. The minimum Gasteiger partial charge on any atom is -0.349 e. The average molecular weight is 589 g/mol. The van der Waals surface area contributed by atoms with Crippen molar-refractivity contribution in [2.45, 2.75) is 76.6 Å². The third-order valence-electron chi connectivity index (χ3n) is 7.79. The summed E-state index contributed by atoms with van der Waals surface area (Å²) in [5, 5.41) is 5.73. The van der Waals surface area contributed by atoms with E-state index in [4.69, 9.17) is 11.6 Å². The topological polar surface area (TPSA) is 81.8 Å². The molecule has 39 heavy (non-hydrogen) atoms. The molecule has 7 nitrogen and oxygen atoms in total. The van der Waals surface area contributed by atoms with Crippen molar-refractivity contribution in [1.82, 2.24) is 14.5 Å². The fourth-order valence-electron chi connectivity index (χ4n) is 5.61. The molecule has 3 aliphatic heterocycles. The highest BCUT2D eigenvalue weighted by atomic mass is 35.5. The third-order valence-corrected chi connectivity index (χ3v) is 9.53. The molecule has 1 aromatic rings. The molecule has 3 heterocycles. The summed E-state index contributed by atoms with van der Waals surface area (Å²) in [5.74, 6) is -0.189. The van der Waals surface area contributed by atoms with Crippen LogP contribution in [0.3, 0.4) is 0 Å². The highest BCUT2D eigenvalue weighted by Gasteiger charge is 2.33. The highest BCUT2D eigenvalue weighted by Crippen LogP contribution is 2.33. The van der Waals surface area contributed by atoms with Crippen LogP contribution in [0.4, 0.5) is 18.9 Å². The first-order chi connectivity index (χ1) is 18.5. The van der Waals surface area contributed by atoms with Gasteiger partial charge in [0.05, 0.1) is 21.8 Å². The van der Waals surface area contributed by atoms with Gasteiger partial charge in [0.2, 0.25) is 0 Å². The SMILES string of the molecule is CCCC1CC(NC(=O)c2cc3c(cc2Cl)NC(=O)C3=O)CCN1SCC1CCN(CCCC(F)(F)F)CC1. The van der Waals surface area contributed by atoms with Crippen LogP contribution < -0.4 is 10.6 Å². The van der Waals surface area contributed by atoms with Crippen molar-refractivity contribution in [3.05, 3.63) is 28.3 Å². The number of anilines is 1. The summed E-state index contributed by atoms with van der Waals surface area (Å²) in [5.41, 5.74) is 0.678. The van der Waals surface area contributed by atoms with E-state index >= 15 is 0 Å². The van der Waals surface area contributed by atoms with E-state index in [1.54, 1.807) is 0 Å². The van der Waals surface area contributed by atoms with E-state index in [9.17, 15) is 27.6 Å². The Bertz CT molecular complexity index is 1070. The molecule has 2 saturated heterocycles. The van der Waals surface area contributed by atoms with Gasteiger partial charge in [-0.25, -0.2) is 4.31 Å². The van der Waals surface area contributed by atoms with Gasteiger partial charge in [0.15, 0.2) is 0 Å². The number of nitrogens with one attached hydrogen (secondary N) is 2. The van der Waals surface area contributed by atoms with E-state index in [2.05, 4.69) is 26.8 Å². The van der Waals surface area contributed by atoms with Gasteiger partial charge in [0, 0.05) is 30.8 Å². The minimum absolute atomic E-state index is 0.0226. The van der Waals surface area contributed by atoms with Crippen LogP contribution in [0, 0.1) is 5.92 Å². The predicted octanol–water partition coefficient (Wildman–Crippen LogP) is 5.54. The summed E-state index contributed by atoms with van der Waals surface area (Å²) in [4.78, 5) is 38.9. The van der Waals surface area contributed by atoms with E-state index in [1.807, 2.05) is 11.9 Å². The van der Waals surface area contributed by atoms with E-state index in [1.165, 1.54) is 12.1 Å². The summed E-state index contributed by atoms with van der Waals surface area (Å²) in [6, 6.07) is 3.13. The molecule has 0 aliphatic carbocycles. The molecule has 0 aromatic heterocycles. The molecule has 0 saturated carbocycles. The monoisotopic (exact) mass is 588 g/mol. The van der Waals surface area contributed by atoms with Crippen LogP contribution in [0.15, 0.2) is 12.1 Å². The zero-order chi connectivity index (χ0) is 28.2. The fourth-order valence-corrected chi connectivity index (χ4v) is 7.23. The summed E-state index contributed by atoms with van der Waals surface area (Å²) >= 11 is 8.17. The number of ketones is 1. The standard InChI is InChI=1S/C27H36ClF3N4O3S/c1-2-4-19-13-18(32-25(37)20-14-21-23(15-22(20)28)33-26(38)24(21)36)7-12-35(19)39-16-17-5-10-34(11-6-17)9-3-8-27(29,30)31/h14-15,17-19H,2-13,16H2,1H3,(H,32,37)(H,33,36,38). The van der Waals surface area contributed by atoms with Gasteiger partial charge in [-0.1, -0.05) is 36.9 Å². The molecule has 2 fully saturated rings. The van der Waals surface area contributed by atoms with Gasteiger partial charge in [0.25, 0.3) is 17.6 Å². The molecule has 2 N–H and O–H groups in total. The van der Waals surface area contributed by atoms with Gasteiger partial charge in [-0.3, -0.25) is 14.4 Å². The Kier molecular flexibility index (Phi) is 10.2. The van der Waals surface area contributed by atoms with Crippen LogP contribution in [0.2, 0.25) is 5.02 Å². The van der Waals surface area contributed by atoms with E-state index in [0.717, 1.165) is 63.9 Å². The molecular weight excluding hydrogens is 553 g/mol. The maximum atomic E-state index is 13.1. The van der Waals surface area contributed by atoms with Crippen LogP contribution >= 0.6 is 23.5 Å². The molecule has 0 spiro atoms. The molecule has 3 aliphatic rings. The lowest BCUT2D eigenvalue weighted by atomic mass is 9.95. The van der Waals surface area contributed by atoms with Crippen LogP contribution in [0.5, 0.6) is 0 Å². The third kappa shape index (κ3) is 8.11. The number of halogens is 4. The number of amides is 2. The van der Waals surface area contributed by atoms with Gasteiger partial charge in [-0.2, -0.15) is 13.2 Å². The van der Waals surface area contributed by atoms with Gasteiger partial charge in [-0.05, 0) is 76.2 Å². The van der Waals surface area contributed by atoms with E-state index in [0.29, 0.717) is 24.2 Å². The Morgan fingerprint density at radius 2 is 1.92 bits per heavy atom. The van der Waals surface area contributed by atoms with Crippen LogP contribution in [0.25, 0.3) is 0 Å². The second kappa shape index (κ2) is 13.2. The number of Topliss-reactive ketones (excluding diaryl/α,β-unsaturated/α-hetero) is 1. The van der Waals surface area contributed by atoms with Crippen molar-refractivity contribution in [2.24, 2.45) is 5.92 Å². The quantitative estimate of drug-likeness (QED) is 0.276. The molecule has 216 valence electrons. The molecule has 1 aromatic carbocycles. The number of hydrogen-bond acceptors (Lipinski definition) is 6. The van der Waals surface area contributed by atoms with Crippen LogP contribution in [-0.2, 0) is 4.79 Å². The van der Waals surface area contributed by atoms with E-state index < -0.39 is 24.3 Å². The Labute approximate surface area is 236 Å². The van der Waals surface area contributed by atoms with Gasteiger partial charge in [0.1, 0.15) is 0 Å². The maximum absolute atomic E-state index is 13.1. The van der Waals surface area contributed by atoms with E-state index in [-0.39, 0.29) is 34.5 Å². The highest BCUT2D eigenvalue weighted by molar-refractivity contribution is 7.97. The molecule has 2 atom stereocenters. The van der Waals surface area contributed by atoms with Crippen molar-refractivity contribution in [3.8, 4) is 0 Å².